The molecule has 0 radical (unpaired) electrons. The van der Waals surface area contributed by atoms with Crippen molar-refractivity contribution < 1.29 is 14.3 Å². The molecular formula is C14H25NO3. The number of nitrogens with one attached hydrogen (secondary N) is 1. The van der Waals surface area contributed by atoms with Crippen molar-refractivity contribution in [2.45, 2.75) is 64.2 Å². The Morgan fingerprint density at radius 2 is 2.17 bits per heavy atom. The molecule has 1 saturated heterocycles. The minimum atomic E-state index is -0.130. The number of methoxy groups -OCH3 is 1. The van der Waals surface area contributed by atoms with Crippen LogP contribution in [0.25, 0.3) is 0 Å². The van der Waals surface area contributed by atoms with Crippen molar-refractivity contribution in [1.29, 1.82) is 0 Å². The van der Waals surface area contributed by atoms with Crippen LogP contribution >= 0.6 is 0 Å². The third-order valence-corrected chi connectivity index (χ3v) is 5.05. The molecule has 0 aromatic rings. The van der Waals surface area contributed by atoms with E-state index in [1.54, 1.807) is 7.11 Å². The first-order valence-corrected chi connectivity index (χ1v) is 6.85. The van der Waals surface area contributed by atoms with E-state index in [1.807, 2.05) is 0 Å². The summed E-state index contributed by atoms with van der Waals surface area (Å²) in [6.07, 6.45) is 3.60. The monoisotopic (exact) mass is 255 g/mol. The Bertz CT molecular complexity index is 323. The van der Waals surface area contributed by atoms with Gasteiger partial charge in [-0.3, -0.25) is 4.79 Å². The Balaban J connectivity index is 1.82. The summed E-state index contributed by atoms with van der Waals surface area (Å²) < 4.78 is 11.0. The second kappa shape index (κ2) is 4.82. The van der Waals surface area contributed by atoms with Gasteiger partial charge in [-0.05, 0) is 26.2 Å². The van der Waals surface area contributed by atoms with E-state index in [4.69, 9.17) is 9.47 Å². The van der Waals surface area contributed by atoms with Gasteiger partial charge in [-0.15, -0.1) is 0 Å². The predicted octanol–water partition coefficient (Wildman–Crippen LogP) is 1.88. The van der Waals surface area contributed by atoms with Gasteiger partial charge in [0.25, 0.3) is 0 Å². The van der Waals surface area contributed by atoms with Gasteiger partial charge in [0.05, 0.1) is 18.1 Å². The van der Waals surface area contributed by atoms with Crippen LogP contribution < -0.4 is 5.32 Å². The first-order chi connectivity index (χ1) is 8.39. The Morgan fingerprint density at radius 1 is 1.44 bits per heavy atom. The van der Waals surface area contributed by atoms with E-state index in [1.165, 1.54) is 0 Å². The maximum atomic E-state index is 12.0. The Hall–Kier alpha value is -0.610. The fourth-order valence-corrected chi connectivity index (χ4v) is 2.99. The molecule has 2 aliphatic rings. The molecule has 3 atom stereocenters. The van der Waals surface area contributed by atoms with E-state index >= 15 is 0 Å². The summed E-state index contributed by atoms with van der Waals surface area (Å²) in [6.45, 7) is 7.21. The fraction of sp³-hybridized carbons (Fsp3) is 0.929. The van der Waals surface area contributed by atoms with Crippen LogP contribution in [-0.2, 0) is 14.3 Å². The topological polar surface area (TPSA) is 47.6 Å². The highest BCUT2D eigenvalue weighted by molar-refractivity contribution is 5.77. The molecule has 18 heavy (non-hydrogen) atoms. The lowest BCUT2D eigenvalue weighted by Crippen LogP contribution is -2.68. The molecule has 1 saturated carbocycles. The van der Waals surface area contributed by atoms with Crippen LogP contribution in [0.5, 0.6) is 0 Å². The second-order valence-corrected chi connectivity index (χ2v) is 6.32. The Kier molecular flexibility index (Phi) is 3.70. The van der Waals surface area contributed by atoms with E-state index in [9.17, 15) is 4.79 Å². The Morgan fingerprint density at radius 3 is 2.67 bits per heavy atom. The standard InChI is InChI=1S/C14H25NO3/c1-13(2)11(9-14(13,3)17-4)15-12(16)8-10-6-5-7-18-10/h10-11H,5-9H2,1-4H3,(H,15,16). The van der Waals surface area contributed by atoms with Gasteiger partial charge >= 0.3 is 0 Å². The molecule has 2 rings (SSSR count). The highest BCUT2D eigenvalue weighted by atomic mass is 16.5. The molecule has 4 nitrogen and oxygen atoms in total. The number of rotatable bonds is 4. The van der Waals surface area contributed by atoms with Crippen LogP contribution in [0.2, 0.25) is 0 Å². The number of hydrogen-bond donors (Lipinski definition) is 1. The molecule has 1 N–H and O–H groups in total. The van der Waals surface area contributed by atoms with Crippen molar-refractivity contribution in [2.24, 2.45) is 5.41 Å². The predicted molar refractivity (Wildman–Crippen MR) is 69.3 cm³/mol. The average Bonchev–Trinajstić information content (AvgIpc) is 2.80. The van der Waals surface area contributed by atoms with Gasteiger partial charge in [-0.25, -0.2) is 0 Å². The van der Waals surface area contributed by atoms with Crippen LogP contribution in [0.4, 0.5) is 0 Å². The van der Waals surface area contributed by atoms with Crippen molar-refractivity contribution in [3.8, 4) is 0 Å². The van der Waals surface area contributed by atoms with Crippen molar-refractivity contribution in [3.05, 3.63) is 0 Å². The van der Waals surface area contributed by atoms with Crippen molar-refractivity contribution in [1.82, 2.24) is 5.32 Å². The third-order valence-electron chi connectivity index (χ3n) is 5.05. The summed E-state index contributed by atoms with van der Waals surface area (Å²) in [5.74, 6) is 0.109. The van der Waals surface area contributed by atoms with Gasteiger partial charge in [0.2, 0.25) is 5.91 Å². The summed E-state index contributed by atoms with van der Waals surface area (Å²) in [6, 6.07) is 0.205. The highest BCUT2D eigenvalue weighted by Gasteiger charge is 2.58. The maximum Gasteiger partial charge on any atom is 0.222 e. The zero-order valence-corrected chi connectivity index (χ0v) is 11.9. The molecule has 0 aromatic heterocycles. The van der Waals surface area contributed by atoms with Crippen LogP contribution in [0.15, 0.2) is 0 Å². The van der Waals surface area contributed by atoms with Gasteiger partial charge in [0.15, 0.2) is 0 Å². The molecule has 0 aromatic carbocycles. The molecule has 0 bridgehead atoms. The zero-order valence-electron chi connectivity index (χ0n) is 11.9. The van der Waals surface area contributed by atoms with E-state index in [0.717, 1.165) is 25.9 Å². The molecular weight excluding hydrogens is 230 g/mol. The van der Waals surface area contributed by atoms with Gasteiger partial charge in [-0.2, -0.15) is 0 Å². The van der Waals surface area contributed by atoms with Gasteiger partial charge in [0, 0.05) is 25.2 Å². The Labute approximate surface area is 109 Å². The van der Waals surface area contributed by atoms with Gasteiger partial charge < -0.3 is 14.8 Å². The largest absolute Gasteiger partial charge is 0.378 e. The van der Waals surface area contributed by atoms with Crippen molar-refractivity contribution in [2.75, 3.05) is 13.7 Å². The second-order valence-electron chi connectivity index (χ2n) is 6.32. The third kappa shape index (κ3) is 2.28. The molecule has 0 spiro atoms. The molecule has 1 amide bonds. The molecule has 2 fully saturated rings. The normalized spacial score (nSPS) is 38.2. The van der Waals surface area contributed by atoms with E-state index in [-0.39, 0.29) is 29.1 Å². The summed E-state index contributed by atoms with van der Waals surface area (Å²) in [5.41, 5.74) is -0.150. The lowest BCUT2D eigenvalue weighted by atomic mass is 9.56. The number of amides is 1. The zero-order chi connectivity index (χ0) is 13.4. The van der Waals surface area contributed by atoms with Gasteiger partial charge in [-0.1, -0.05) is 13.8 Å². The lowest BCUT2D eigenvalue weighted by molar-refractivity contribution is -0.182. The van der Waals surface area contributed by atoms with Crippen LogP contribution in [-0.4, -0.2) is 37.4 Å². The molecule has 1 heterocycles. The smallest absolute Gasteiger partial charge is 0.222 e. The quantitative estimate of drug-likeness (QED) is 0.834. The summed E-state index contributed by atoms with van der Waals surface area (Å²) >= 11 is 0. The maximum absolute atomic E-state index is 12.0. The van der Waals surface area contributed by atoms with Crippen LogP contribution in [0.3, 0.4) is 0 Å². The van der Waals surface area contributed by atoms with E-state index < -0.39 is 0 Å². The summed E-state index contributed by atoms with van der Waals surface area (Å²) in [5, 5.41) is 3.12. The molecule has 1 aliphatic carbocycles. The number of ether oxygens (including phenoxy) is 2. The number of hydrogen-bond acceptors (Lipinski definition) is 3. The molecule has 3 unspecified atom stereocenters. The average molecular weight is 255 g/mol. The molecule has 4 heteroatoms. The summed E-state index contributed by atoms with van der Waals surface area (Å²) in [7, 11) is 1.74. The minimum absolute atomic E-state index is 0.0199. The lowest BCUT2D eigenvalue weighted by Gasteiger charge is -2.59. The van der Waals surface area contributed by atoms with Crippen LogP contribution in [0.1, 0.15) is 46.5 Å². The number of carbonyl (C=O) groups excluding carboxylic acids is 1. The number of carbonyl (C=O) groups is 1. The fourth-order valence-electron chi connectivity index (χ4n) is 2.99. The van der Waals surface area contributed by atoms with Crippen LogP contribution in [0, 0.1) is 5.41 Å². The van der Waals surface area contributed by atoms with E-state index in [0.29, 0.717) is 6.42 Å². The van der Waals surface area contributed by atoms with Gasteiger partial charge in [0.1, 0.15) is 0 Å². The highest BCUT2D eigenvalue weighted by Crippen LogP contribution is 2.51. The van der Waals surface area contributed by atoms with E-state index in [2.05, 4.69) is 26.1 Å². The molecule has 104 valence electrons. The summed E-state index contributed by atoms with van der Waals surface area (Å²) in [4.78, 5) is 12.0. The SMILES string of the molecule is COC1(C)CC(NC(=O)CC2CCCO2)C1(C)C. The first kappa shape index (κ1) is 13.8. The minimum Gasteiger partial charge on any atom is -0.378 e. The van der Waals surface area contributed by atoms with Crippen molar-refractivity contribution in [3.63, 3.8) is 0 Å². The molecule has 1 aliphatic heterocycles. The van der Waals surface area contributed by atoms with Crippen molar-refractivity contribution >= 4 is 5.91 Å². The first-order valence-electron chi connectivity index (χ1n) is 6.85.